The van der Waals surface area contributed by atoms with Crippen molar-refractivity contribution in [3.8, 4) is 0 Å². The summed E-state index contributed by atoms with van der Waals surface area (Å²) in [5, 5.41) is 14.3. The van der Waals surface area contributed by atoms with Crippen LogP contribution in [0.4, 0.5) is 5.69 Å². The van der Waals surface area contributed by atoms with Crippen molar-refractivity contribution < 1.29 is 13.3 Å². The van der Waals surface area contributed by atoms with E-state index in [1.165, 1.54) is 28.6 Å². The standard InChI is InChI=1S/C13H17N3O4S/c1-9-6-10-7-14-8-12(10)15(9)21(19,20)13-5-3-2-4-11(13)16(17)18/h2-5,9-10,12,14H,6-8H2,1H3. The van der Waals surface area contributed by atoms with Crippen LogP contribution < -0.4 is 5.32 Å². The first kappa shape index (κ1) is 14.4. The number of hydrogen-bond acceptors (Lipinski definition) is 5. The summed E-state index contributed by atoms with van der Waals surface area (Å²) in [7, 11) is -3.87. The van der Waals surface area contributed by atoms with Gasteiger partial charge < -0.3 is 5.32 Å². The van der Waals surface area contributed by atoms with Gasteiger partial charge in [-0.2, -0.15) is 4.31 Å². The second-order valence-electron chi connectivity index (χ2n) is 5.63. The van der Waals surface area contributed by atoms with Gasteiger partial charge in [-0.05, 0) is 31.9 Å². The van der Waals surface area contributed by atoms with Gasteiger partial charge >= 0.3 is 0 Å². The Bertz CT molecular complexity index is 676. The third-order valence-electron chi connectivity index (χ3n) is 4.33. The van der Waals surface area contributed by atoms with E-state index in [0.29, 0.717) is 6.54 Å². The Morgan fingerprint density at radius 1 is 1.33 bits per heavy atom. The minimum Gasteiger partial charge on any atom is -0.315 e. The lowest BCUT2D eigenvalue weighted by atomic mass is 10.0. The molecule has 0 saturated carbocycles. The van der Waals surface area contributed by atoms with Gasteiger partial charge in [-0.25, -0.2) is 8.42 Å². The Hall–Kier alpha value is -1.51. The quantitative estimate of drug-likeness (QED) is 0.663. The average Bonchev–Trinajstić information content (AvgIpc) is 2.97. The Labute approximate surface area is 123 Å². The van der Waals surface area contributed by atoms with Gasteiger partial charge in [-0.3, -0.25) is 10.1 Å². The van der Waals surface area contributed by atoms with Crippen LogP contribution in [0.1, 0.15) is 13.3 Å². The van der Waals surface area contributed by atoms with Crippen LogP contribution in [0.5, 0.6) is 0 Å². The van der Waals surface area contributed by atoms with Gasteiger partial charge in [0, 0.05) is 24.7 Å². The van der Waals surface area contributed by atoms with Gasteiger partial charge in [0.05, 0.1) is 4.92 Å². The molecule has 0 amide bonds. The fourth-order valence-electron chi connectivity index (χ4n) is 3.48. The molecule has 3 unspecified atom stereocenters. The van der Waals surface area contributed by atoms with Gasteiger partial charge in [0.2, 0.25) is 10.0 Å². The molecule has 21 heavy (non-hydrogen) atoms. The topological polar surface area (TPSA) is 92.6 Å². The number of sulfonamides is 1. The van der Waals surface area contributed by atoms with Crippen LogP contribution in [-0.4, -0.2) is 42.8 Å². The number of nitro benzene ring substituents is 1. The Kier molecular flexibility index (Phi) is 3.46. The van der Waals surface area contributed by atoms with Crippen LogP contribution in [0.2, 0.25) is 0 Å². The molecule has 0 spiro atoms. The molecule has 2 fully saturated rings. The van der Waals surface area contributed by atoms with Crippen molar-refractivity contribution in [3.05, 3.63) is 34.4 Å². The maximum atomic E-state index is 12.9. The molecule has 3 atom stereocenters. The highest BCUT2D eigenvalue weighted by Crippen LogP contribution is 2.38. The molecule has 1 N–H and O–H groups in total. The van der Waals surface area contributed by atoms with Gasteiger partial charge in [-0.1, -0.05) is 12.1 Å². The summed E-state index contributed by atoms with van der Waals surface area (Å²) in [6.07, 6.45) is 0.789. The zero-order chi connectivity index (χ0) is 15.2. The minimum absolute atomic E-state index is 0.107. The highest BCUT2D eigenvalue weighted by molar-refractivity contribution is 7.89. The SMILES string of the molecule is CC1CC2CNCC2N1S(=O)(=O)c1ccccc1[N+](=O)[O-]. The molecule has 7 nitrogen and oxygen atoms in total. The van der Waals surface area contributed by atoms with E-state index >= 15 is 0 Å². The van der Waals surface area contributed by atoms with E-state index in [-0.39, 0.29) is 28.6 Å². The minimum atomic E-state index is -3.87. The average molecular weight is 311 g/mol. The van der Waals surface area contributed by atoms with Crippen molar-refractivity contribution in [2.24, 2.45) is 5.92 Å². The van der Waals surface area contributed by atoms with Gasteiger partial charge in [-0.15, -0.1) is 0 Å². The van der Waals surface area contributed by atoms with Crippen molar-refractivity contribution in [2.75, 3.05) is 13.1 Å². The molecule has 0 radical (unpaired) electrons. The predicted molar refractivity (Wildman–Crippen MR) is 76.3 cm³/mol. The summed E-state index contributed by atoms with van der Waals surface area (Å²) in [6.45, 7) is 3.28. The highest BCUT2D eigenvalue weighted by Gasteiger charge is 2.49. The second kappa shape index (κ2) is 5.04. The highest BCUT2D eigenvalue weighted by atomic mass is 32.2. The summed E-state index contributed by atoms with van der Waals surface area (Å²) in [5.41, 5.74) is -0.362. The van der Waals surface area contributed by atoms with E-state index in [1.807, 2.05) is 6.92 Å². The van der Waals surface area contributed by atoms with E-state index in [9.17, 15) is 18.5 Å². The molecule has 2 heterocycles. The van der Waals surface area contributed by atoms with Crippen LogP contribution in [0.25, 0.3) is 0 Å². The third-order valence-corrected chi connectivity index (χ3v) is 6.41. The smallest absolute Gasteiger partial charge is 0.289 e. The number of fused-ring (bicyclic) bond motifs is 1. The molecule has 2 saturated heterocycles. The lowest BCUT2D eigenvalue weighted by Gasteiger charge is -2.26. The fraction of sp³-hybridized carbons (Fsp3) is 0.538. The molecular formula is C13H17N3O4S. The van der Waals surface area contributed by atoms with Gasteiger partial charge in [0.1, 0.15) is 0 Å². The first-order valence-electron chi connectivity index (χ1n) is 6.90. The third kappa shape index (κ3) is 2.23. The summed E-state index contributed by atoms with van der Waals surface area (Å²) in [5.74, 6) is 0.289. The summed E-state index contributed by atoms with van der Waals surface area (Å²) < 4.78 is 27.3. The van der Waals surface area contributed by atoms with Gasteiger partial charge in [0.15, 0.2) is 4.90 Å². The largest absolute Gasteiger partial charge is 0.315 e. The maximum absolute atomic E-state index is 12.9. The van der Waals surface area contributed by atoms with Crippen LogP contribution >= 0.6 is 0 Å². The molecule has 2 aliphatic rings. The Morgan fingerprint density at radius 3 is 2.76 bits per heavy atom. The molecule has 0 aromatic heterocycles. The molecule has 114 valence electrons. The van der Waals surface area contributed by atoms with Gasteiger partial charge in [0.25, 0.3) is 5.69 Å². The van der Waals surface area contributed by atoms with Crippen LogP contribution in [0, 0.1) is 16.0 Å². The first-order valence-corrected chi connectivity index (χ1v) is 8.34. The molecule has 2 aliphatic heterocycles. The molecule has 8 heteroatoms. The number of para-hydroxylation sites is 1. The summed E-state index contributed by atoms with van der Waals surface area (Å²) >= 11 is 0. The first-order chi connectivity index (χ1) is 9.93. The predicted octanol–water partition coefficient (Wildman–Crippen LogP) is 0.966. The number of nitro groups is 1. The van der Waals surface area contributed by atoms with Crippen LogP contribution in [0.3, 0.4) is 0 Å². The normalized spacial score (nSPS) is 29.5. The number of rotatable bonds is 3. The van der Waals surface area contributed by atoms with Crippen molar-refractivity contribution >= 4 is 15.7 Å². The molecule has 1 aromatic carbocycles. The fourth-order valence-corrected chi connectivity index (χ4v) is 5.53. The van der Waals surface area contributed by atoms with Crippen molar-refractivity contribution in [1.29, 1.82) is 0 Å². The second-order valence-corrected chi connectivity index (χ2v) is 7.44. The lowest BCUT2D eigenvalue weighted by Crippen LogP contribution is -2.42. The maximum Gasteiger partial charge on any atom is 0.289 e. The summed E-state index contributed by atoms with van der Waals surface area (Å²) in [4.78, 5) is 10.2. The lowest BCUT2D eigenvalue weighted by molar-refractivity contribution is -0.387. The van der Waals surface area contributed by atoms with E-state index in [4.69, 9.17) is 0 Å². The molecule has 0 aliphatic carbocycles. The van der Waals surface area contributed by atoms with E-state index < -0.39 is 14.9 Å². The van der Waals surface area contributed by atoms with E-state index in [2.05, 4.69) is 5.32 Å². The van der Waals surface area contributed by atoms with E-state index in [0.717, 1.165) is 13.0 Å². The number of nitrogens with zero attached hydrogens (tertiary/aromatic N) is 2. The monoisotopic (exact) mass is 311 g/mol. The van der Waals surface area contributed by atoms with Crippen LogP contribution in [-0.2, 0) is 10.0 Å². The van der Waals surface area contributed by atoms with Crippen LogP contribution in [0.15, 0.2) is 29.2 Å². The Balaban J connectivity index is 2.07. The van der Waals surface area contributed by atoms with E-state index in [1.54, 1.807) is 0 Å². The molecular weight excluding hydrogens is 294 g/mol. The molecule has 1 aromatic rings. The van der Waals surface area contributed by atoms with Crippen molar-refractivity contribution in [2.45, 2.75) is 30.3 Å². The number of hydrogen-bond donors (Lipinski definition) is 1. The van der Waals surface area contributed by atoms with Crippen molar-refractivity contribution in [3.63, 3.8) is 0 Å². The molecule has 0 bridgehead atoms. The number of nitrogens with one attached hydrogen (secondary N) is 1. The summed E-state index contributed by atoms with van der Waals surface area (Å²) in [6, 6.07) is 5.31. The molecule has 3 rings (SSSR count). The van der Waals surface area contributed by atoms with Crippen molar-refractivity contribution in [1.82, 2.24) is 9.62 Å². The number of benzene rings is 1. The zero-order valence-corrected chi connectivity index (χ0v) is 12.4. The Morgan fingerprint density at radius 2 is 2.05 bits per heavy atom. The zero-order valence-electron chi connectivity index (χ0n) is 11.6.